The number of carbonyl (C=O) groups is 4. The Balaban J connectivity index is 1.73. The van der Waals surface area contributed by atoms with Gasteiger partial charge in [-0.3, -0.25) is 24.1 Å². The lowest BCUT2D eigenvalue weighted by Crippen LogP contribution is -2.63. The summed E-state index contributed by atoms with van der Waals surface area (Å²) < 4.78 is 0. The van der Waals surface area contributed by atoms with Crippen LogP contribution >= 0.6 is 0 Å². The largest absolute Gasteiger partial charge is 0.510 e. The Kier molecular flexibility index (Phi) is 5.77. The van der Waals surface area contributed by atoms with Gasteiger partial charge in [0.1, 0.15) is 29.1 Å². The Hall–Kier alpha value is -4.28. The van der Waals surface area contributed by atoms with Crippen LogP contribution in [0, 0.1) is 11.8 Å². The van der Waals surface area contributed by atoms with E-state index in [-0.39, 0.29) is 29.7 Å². The molecule has 0 fully saturated rings. The quantitative estimate of drug-likeness (QED) is 0.297. The smallest absolute Gasteiger partial charge is 0.255 e. The maximum atomic E-state index is 13.8. The molecule has 0 unspecified atom stereocenters. The maximum absolute atomic E-state index is 13.8. The van der Waals surface area contributed by atoms with E-state index in [2.05, 4.69) is 0 Å². The lowest BCUT2D eigenvalue weighted by molar-refractivity contribution is -0.148. The summed E-state index contributed by atoms with van der Waals surface area (Å²) in [4.78, 5) is 52.0. The summed E-state index contributed by atoms with van der Waals surface area (Å²) in [6, 6.07) is 8.66. The monoisotopic (exact) mass is 518 g/mol. The number of rotatable bonds is 4. The number of allylic oxidation sites excluding steroid dienone is 1. The SMILES string of the molecule is CN(C)[C@@H]1C(O)=C(C(N)=O)C(=O)[C@@]2(O)C(O)=C3C(=O)c4c(O)ccc(-c5cccc(C=O)c5)c4C[C@H]3C[C@H]12. The second kappa shape index (κ2) is 8.64. The number of nitrogens with two attached hydrogens (primary N) is 1. The summed E-state index contributed by atoms with van der Waals surface area (Å²) >= 11 is 0. The summed E-state index contributed by atoms with van der Waals surface area (Å²) in [7, 11) is 3.15. The van der Waals surface area contributed by atoms with Crippen molar-refractivity contribution in [2.75, 3.05) is 14.1 Å². The number of aliphatic hydroxyl groups excluding tert-OH is 2. The van der Waals surface area contributed by atoms with Gasteiger partial charge in [-0.25, -0.2) is 0 Å². The van der Waals surface area contributed by atoms with Gasteiger partial charge < -0.3 is 26.2 Å². The van der Waals surface area contributed by atoms with Crippen molar-refractivity contribution in [3.8, 4) is 16.9 Å². The predicted octanol–water partition coefficient (Wildman–Crippen LogP) is 1.60. The number of phenolic OH excluding ortho intramolecular Hbond substituents is 1. The molecular formula is C28H26N2O8. The minimum Gasteiger partial charge on any atom is -0.510 e. The van der Waals surface area contributed by atoms with E-state index in [1.54, 1.807) is 44.4 Å². The van der Waals surface area contributed by atoms with Crippen LogP contribution in [-0.2, 0) is 16.0 Å². The lowest BCUT2D eigenvalue weighted by atomic mass is 9.58. The number of likely N-dealkylation sites (N-methyl/N-ethyl adjacent to an activating group) is 1. The number of benzene rings is 2. The summed E-state index contributed by atoms with van der Waals surface area (Å²) in [5, 5.41) is 44.5. The van der Waals surface area contributed by atoms with Crippen molar-refractivity contribution in [3.05, 3.63) is 75.8 Å². The van der Waals surface area contributed by atoms with Crippen LogP contribution < -0.4 is 5.73 Å². The van der Waals surface area contributed by atoms with Crippen molar-refractivity contribution >= 4 is 23.8 Å². The molecule has 4 atom stereocenters. The second-order valence-electron chi connectivity index (χ2n) is 10.2. The molecule has 6 N–H and O–H groups in total. The van der Waals surface area contributed by atoms with Gasteiger partial charge in [0.05, 0.1) is 11.6 Å². The Labute approximate surface area is 217 Å². The minimum atomic E-state index is -2.68. The first-order chi connectivity index (χ1) is 17.9. The zero-order valence-electron chi connectivity index (χ0n) is 20.6. The zero-order chi connectivity index (χ0) is 27.7. The van der Waals surface area contributed by atoms with E-state index in [9.17, 15) is 39.6 Å². The molecule has 3 aliphatic rings. The number of aldehydes is 1. The number of phenols is 1. The van der Waals surface area contributed by atoms with Gasteiger partial charge in [-0.05, 0) is 61.7 Å². The Morgan fingerprint density at radius 1 is 1.13 bits per heavy atom. The van der Waals surface area contributed by atoms with Gasteiger partial charge in [-0.1, -0.05) is 24.3 Å². The lowest BCUT2D eigenvalue weighted by Gasteiger charge is -2.50. The molecule has 0 bridgehead atoms. The third-order valence-corrected chi connectivity index (χ3v) is 7.94. The van der Waals surface area contributed by atoms with Crippen LogP contribution in [-0.4, -0.2) is 74.8 Å². The molecule has 5 rings (SSSR count). The third kappa shape index (κ3) is 3.34. The molecule has 10 heteroatoms. The standard InChI is InChI=1S/C28H26N2O8/c1-30(2)22-17-10-14-9-16-15(13-5-3-4-12(8-13)11-31)6-7-18(32)20(16)23(33)19(14)25(35)28(17,38)26(36)21(24(22)34)27(29)37/h3-8,11,14,17,22,32,34-35,38H,9-10H2,1-2H3,(H2,29,37)/t14-,17+,22-,28-/m0/s1. The molecule has 38 heavy (non-hydrogen) atoms. The summed E-state index contributed by atoms with van der Waals surface area (Å²) in [5.41, 5.74) is 3.68. The van der Waals surface area contributed by atoms with Gasteiger partial charge >= 0.3 is 0 Å². The molecule has 2 aromatic carbocycles. The van der Waals surface area contributed by atoms with E-state index in [4.69, 9.17) is 5.73 Å². The molecule has 0 spiro atoms. The molecular weight excluding hydrogens is 492 g/mol. The molecule has 0 saturated heterocycles. The number of aromatic hydroxyl groups is 1. The van der Waals surface area contributed by atoms with E-state index < -0.39 is 58.0 Å². The molecule has 10 nitrogen and oxygen atoms in total. The highest BCUT2D eigenvalue weighted by Crippen LogP contribution is 2.53. The molecule has 0 radical (unpaired) electrons. The molecule has 196 valence electrons. The van der Waals surface area contributed by atoms with Gasteiger partial charge in [0, 0.05) is 17.1 Å². The third-order valence-electron chi connectivity index (χ3n) is 7.94. The fourth-order valence-electron chi connectivity index (χ4n) is 6.30. The van der Waals surface area contributed by atoms with E-state index >= 15 is 0 Å². The highest BCUT2D eigenvalue weighted by Gasteiger charge is 2.63. The van der Waals surface area contributed by atoms with Crippen molar-refractivity contribution in [1.82, 2.24) is 4.90 Å². The summed E-state index contributed by atoms with van der Waals surface area (Å²) in [5.74, 6) is -6.98. The van der Waals surface area contributed by atoms with Crippen LogP contribution in [0.4, 0.5) is 0 Å². The summed E-state index contributed by atoms with van der Waals surface area (Å²) in [6.45, 7) is 0. The van der Waals surface area contributed by atoms with Crippen molar-refractivity contribution in [3.63, 3.8) is 0 Å². The second-order valence-corrected chi connectivity index (χ2v) is 10.2. The fourth-order valence-corrected chi connectivity index (χ4v) is 6.30. The van der Waals surface area contributed by atoms with Crippen molar-refractivity contribution in [2.24, 2.45) is 17.6 Å². The molecule has 3 aliphatic carbocycles. The van der Waals surface area contributed by atoms with E-state index in [1.165, 1.54) is 11.0 Å². The Bertz CT molecular complexity index is 1500. The Morgan fingerprint density at radius 3 is 2.47 bits per heavy atom. The van der Waals surface area contributed by atoms with Crippen LogP contribution in [0.15, 0.2) is 59.1 Å². The van der Waals surface area contributed by atoms with Gasteiger partial charge in [0.25, 0.3) is 5.91 Å². The van der Waals surface area contributed by atoms with Crippen LogP contribution in [0.1, 0.15) is 32.7 Å². The number of ketones is 2. The molecule has 1 amide bonds. The molecule has 0 saturated carbocycles. The zero-order valence-corrected chi connectivity index (χ0v) is 20.6. The number of fused-ring (bicyclic) bond motifs is 3. The van der Waals surface area contributed by atoms with Crippen molar-refractivity contribution in [1.29, 1.82) is 0 Å². The number of hydrogen-bond acceptors (Lipinski definition) is 9. The number of carbonyl (C=O) groups excluding carboxylic acids is 4. The van der Waals surface area contributed by atoms with E-state index in [0.717, 1.165) is 0 Å². The van der Waals surface area contributed by atoms with Gasteiger partial charge in [-0.2, -0.15) is 0 Å². The number of amides is 1. The highest BCUT2D eigenvalue weighted by atomic mass is 16.3. The first-order valence-electron chi connectivity index (χ1n) is 12.0. The van der Waals surface area contributed by atoms with Crippen LogP contribution in [0.25, 0.3) is 11.1 Å². The molecule has 0 aromatic heterocycles. The average Bonchev–Trinajstić information content (AvgIpc) is 2.86. The Morgan fingerprint density at radius 2 is 1.84 bits per heavy atom. The van der Waals surface area contributed by atoms with Crippen LogP contribution in [0.3, 0.4) is 0 Å². The van der Waals surface area contributed by atoms with Crippen molar-refractivity contribution in [2.45, 2.75) is 24.5 Å². The number of primary amides is 1. The number of aliphatic hydroxyl groups is 3. The van der Waals surface area contributed by atoms with Gasteiger partial charge in [-0.15, -0.1) is 0 Å². The van der Waals surface area contributed by atoms with Gasteiger partial charge in [0.2, 0.25) is 5.78 Å². The van der Waals surface area contributed by atoms with Crippen LogP contribution in [0.2, 0.25) is 0 Å². The number of nitrogens with zero attached hydrogens (tertiary/aromatic N) is 1. The van der Waals surface area contributed by atoms with E-state index in [1.807, 2.05) is 0 Å². The van der Waals surface area contributed by atoms with Gasteiger partial charge in [0.15, 0.2) is 11.4 Å². The number of Topliss-reactive ketones (excluding diaryl/α,β-unsaturated/α-hetero) is 2. The highest BCUT2D eigenvalue weighted by molar-refractivity contribution is 6.24. The maximum Gasteiger partial charge on any atom is 0.255 e. The topological polar surface area (TPSA) is 178 Å². The minimum absolute atomic E-state index is 0.00473. The number of hydrogen-bond donors (Lipinski definition) is 5. The van der Waals surface area contributed by atoms with E-state index in [0.29, 0.717) is 28.5 Å². The van der Waals surface area contributed by atoms with Crippen molar-refractivity contribution < 1.29 is 39.6 Å². The van der Waals surface area contributed by atoms with Crippen LogP contribution in [0.5, 0.6) is 5.75 Å². The first kappa shape index (κ1) is 25.4. The molecule has 0 aliphatic heterocycles. The normalized spacial score (nSPS) is 26.7. The average molecular weight is 519 g/mol. The first-order valence-corrected chi connectivity index (χ1v) is 12.0. The molecule has 2 aromatic rings. The predicted molar refractivity (Wildman–Crippen MR) is 134 cm³/mol. The molecule has 0 heterocycles. The summed E-state index contributed by atoms with van der Waals surface area (Å²) in [6.07, 6.45) is 0.850. The fraction of sp³-hybridized carbons (Fsp3) is 0.286.